The standard InChI is InChI=1S/C36H39NO5/c1-3-40-35(38)19-11-10-14-29-20-21-33(34(28-29)39-2)41-27-13-12-24-37-25-22-32(23-26-37)42-36(30-15-6-4-7-16-30)31-17-8-5-9-18-31/h4-11,14-21,28,32,36H,3,22-27H2,1-2H3. The van der Waals surface area contributed by atoms with Crippen LogP contribution in [-0.2, 0) is 14.3 Å². The molecule has 1 saturated heterocycles. The molecule has 0 bridgehead atoms. The summed E-state index contributed by atoms with van der Waals surface area (Å²) in [5.74, 6) is 7.27. The molecule has 0 aromatic heterocycles. The van der Waals surface area contributed by atoms with Crippen molar-refractivity contribution in [3.8, 4) is 23.3 Å². The molecule has 1 fully saturated rings. The Hall–Kier alpha value is -4.31. The van der Waals surface area contributed by atoms with E-state index in [2.05, 4.69) is 65.3 Å². The maximum Gasteiger partial charge on any atom is 0.330 e. The first-order valence-corrected chi connectivity index (χ1v) is 14.4. The molecular weight excluding hydrogens is 526 g/mol. The zero-order valence-corrected chi connectivity index (χ0v) is 24.4. The van der Waals surface area contributed by atoms with Crippen molar-refractivity contribution in [3.05, 3.63) is 114 Å². The number of allylic oxidation sites excluding steroid dienone is 2. The van der Waals surface area contributed by atoms with Crippen LogP contribution in [0.1, 0.15) is 42.6 Å². The summed E-state index contributed by atoms with van der Waals surface area (Å²) in [6.45, 7) is 5.02. The lowest BCUT2D eigenvalue weighted by Gasteiger charge is -2.33. The molecule has 1 aliphatic heterocycles. The Balaban J connectivity index is 1.21. The van der Waals surface area contributed by atoms with Crippen molar-refractivity contribution in [1.29, 1.82) is 0 Å². The predicted molar refractivity (Wildman–Crippen MR) is 166 cm³/mol. The van der Waals surface area contributed by atoms with Gasteiger partial charge in [0.25, 0.3) is 0 Å². The van der Waals surface area contributed by atoms with Gasteiger partial charge >= 0.3 is 5.97 Å². The van der Waals surface area contributed by atoms with Crippen LogP contribution in [0.25, 0.3) is 6.08 Å². The summed E-state index contributed by atoms with van der Waals surface area (Å²) in [6, 6.07) is 26.6. The Bertz CT molecular complexity index is 1330. The number of methoxy groups -OCH3 is 1. The molecule has 218 valence electrons. The fourth-order valence-electron chi connectivity index (χ4n) is 4.73. The Morgan fingerprint density at radius 1 is 0.929 bits per heavy atom. The topological polar surface area (TPSA) is 57.2 Å². The molecule has 0 N–H and O–H groups in total. The molecule has 6 heteroatoms. The first-order chi connectivity index (χ1) is 20.7. The average molecular weight is 566 g/mol. The highest BCUT2D eigenvalue weighted by molar-refractivity contribution is 5.82. The maximum atomic E-state index is 11.4. The minimum Gasteiger partial charge on any atom is -0.493 e. The van der Waals surface area contributed by atoms with E-state index < -0.39 is 0 Å². The number of benzene rings is 3. The molecule has 42 heavy (non-hydrogen) atoms. The molecule has 0 radical (unpaired) electrons. The minimum absolute atomic E-state index is 0.0591. The van der Waals surface area contributed by atoms with Gasteiger partial charge in [0.05, 0.1) is 26.4 Å². The summed E-state index contributed by atoms with van der Waals surface area (Å²) in [5, 5.41) is 0. The second-order valence-corrected chi connectivity index (χ2v) is 9.84. The molecule has 0 amide bonds. The van der Waals surface area contributed by atoms with Crippen LogP contribution in [0.2, 0.25) is 0 Å². The molecule has 0 spiro atoms. The lowest BCUT2D eigenvalue weighted by Crippen LogP contribution is -2.37. The largest absolute Gasteiger partial charge is 0.493 e. The number of rotatable bonds is 12. The van der Waals surface area contributed by atoms with Gasteiger partial charge in [-0.05, 0) is 48.6 Å². The first-order valence-electron chi connectivity index (χ1n) is 14.4. The molecule has 1 aliphatic rings. The zero-order valence-electron chi connectivity index (χ0n) is 24.4. The zero-order chi connectivity index (χ0) is 29.4. The predicted octanol–water partition coefficient (Wildman–Crippen LogP) is 6.48. The molecule has 3 aromatic rings. The third-order valence-electron chi connectivity index (χ3n) is 6.90. The van der Waals surface area contributed by atoms with Gasteiger partial charge in [0.1, 0.15) is 12.7 Å². The molecule has 6 nitrogen and oxygen atoms in total. The monoisotopic (exact) mass is 565 g/mol. The highest BCUT2D eigenvalue weighted by Gasteiger charge is 2.24. The lowest BCUT2D eigenvalue weighted by atomic mass is 10.00. The molecule has 4 rings (SSSR count). The van der Waals surface area contributed by atoms with Crippen molar-refractivity contribution >= 4 is 12.0 Å². The van der Waals surface area contributed by atoms with Gasteiger partial charge in [-0.15, -0.1) is 0 Å². The fourth-order valence-corrected chi connectivity index (χ4v) is 4.73. The van der Waals surface area contributed by atoms with E-state index >= 15 is 0 Å². The maximum absolute atomic E-state index is 11.4. The molecule has 3 aromatic carbocycles. The highest BCUT2D eigenvalue weighted by atomic mass is 16.5. The number of piperidine rings is 1. The normalized spacial score (nSPS) is 14.2. The van der Waals surface area contributed by atoms with Crippen LogP contribution in [0.4, 0.5) is 0 Å². The van der Waals surface area contributed by atoms with Gasteiger partial charge in [0.2, 0.25) is 0 Å². The van der Waals surface area contributed by atoms with Crippen LogP contribution in [0, 0.1) is 11.8 Å². The number of hydrogen-bond donors (Lipinski definition) is 0. The van der Waals surface area contributed by atoms with E-state index in [0.717, 1.165) is 31.5 Å². The van der Waals surface area contributed by atoms with Gasteiger partial charge in [-0.25, -0.2) is 4.79 Å². The van der Waals surface area contributed by atoms with Crippen LogP contribution in [0.3, 0.4) is 0 Å². The van der Waals surface area contributed by atoms with Crippen molar-refractivity contribution < 1.29 is 23.7 Å². The quantitative estimate of drug-likeness (QED) is 0.108. The number of ether oxygens (including phenoxy) is 4. The van der Waals surface area contributed by atoms with Crippen molar-refractivity contribution in [2.45, 2.75) is 32.0 Å². The fraction of sp³-hybridized carbons (Fsp3) is 0.306. The Morgan fingerprint density at radius 2 is 1.62 bits per heavy atom. The van der Waals surface area contributed by atoms with Crippen LogP contribution < -0.4 is 9.47 Å². The number of hydrogen-bond acceptors (Lipinski definition) is 6. The Labute approximate surface area is 249 Å². The summed E-state index contributed by atoms with van der Waals surface area (Å²) in [5.41, 5.74) is 3.29. The van der Waals surface area contributed by atoms with Crippen molar-refractivity contribution in [3.63, 3.8) is 0 Å². The van der Waals surface area contributed by atoms with Gasteiger partial charge in [-0.1, -0.05) is 96.8 Å². The van der Waals surface area contributed by atoms with Gasteiger partial charge in [-0.3, -0.25) is 4.90 Å². The molecule has 0 atom stereocenters. The van der Waals surface area contributed by atoms with Crippen LogP contribution >= 0.6 is 0 Å². The van der Waals surface area contributed by atoms with Gasteiger partial charge in [0, 0.05) is 19.2 Å². The highest BCUT2D eigenvalue weighted by Crippen LogP contribution is 2.30. The van der Waals surface area contributed by atoms with Gasteiger partial charge < -0.3 is 18.9 Å². The summed E-state index contributed by atoms with van der Waals surface area (Å²) >= 11 is 0. The number of carbonyl (C=O) groups is 1. The van der Waals surface area contributed by atoms with Crippen LogP contribution in [-0.4, -0.2) is 56.9 Å². The Morgan fingerprint density at radius 3 is 2.26 bits per heavy atom. The van der Waals surface area contributed by atoms with Crippen molar-refractivity contribution in [2.75, 3.05) is 40.0 Å². The minimum atomic E-state index is -0.362. The second-order valence-electron chi connectivity index (χ2n) is 9.84. The van der Waals surface area contributed by atoms with Crippen molar-refractivity contribution in [2.24, 2.45) is 0 Å². The van der Waals surface area contributed by atoms with E-state index in [1.54, 1.807) is 26.2 Å². The number of nitrogens with zero attached hydrogens (tertiary/aromatic N) is 1. The van der Waals surface area contributed by atoms with Gasteiger partial charge in [0.15, 0.2) is 11.5 Å². The van der Waals surface area contributed by atoms with Crippen LogP contribution in [0.15, 0.2) is 97.1 Å². The summed E-state index contributed by atoms with van der Waals surface area (Å²) < 4.78 is 22.9. The average Bonchev–Trinajstić information content (AvgIpc) is 3.04. The van der Waals surface area contributed by atoms with E-state index in [0.29, 0.717) is 24.7 Å². The third-order valence-corrected chi connectivity index (χ3v) is 6.90. The number of carbonyl (C=O) groups excluding carboxylic acids is 1. The summed E-state index contributed by atoms with van der Waals surface area (Å²) in [4.78, 5) is 13.7. The molecule has 1 heterocycles. The number of likely N-dealkylation sites (tertiary alicyclic amines) is 1. The Kier molecular flexibility index (Phi) is 12.3. The number of esters is 1. The molecule has 0 aliphatic carbocycles. The lowest BCUT2D eigenvalue weighted by molar-refractivity contribution is -0.137. The van der Waals surface area contributed by atoms with E-state index in [-0.39, 0.29) is 24.8 Å². The smallest absolute Gasteiger partial charge is 0.330 e. The molecular formula is C36H39NO5. The van der Waals surface area contributed by atoms with E-state index in [1.807, 2.05) is 36.4 Å². The first kappa shape index (κ1) is 30.6. The van der Waals surface area contributed by atoms with E-state index in [9.17, 15) is 4.79 Å². The third kappa shape index (κ3) is 9.66. The van der Waals surface area contributed by atoms with Crippen LogP contribution in [0.5, 0.6) is 11.5 Å². The SMILES string of the molecule is CCOC(=O)C=CC=Cc1ccc(OCC#CCN2CCC(OC(c3ccccc3)c3ccccc3)CC2)c(OC)c1. The molecule has 0 unspecified atom stereocenters. The van der Waals surface area contributed by atoms with E-state index in [1.165, 1.54) is 17.2 Å². The second kappa shape index (κ2) is 16.8. The molecule has 0 saturated carbocycles. The van der Waals surface area contributed by atoms with E-state index in [4.69, 9.17) is 18.9 Å². The van der Waals surface area contributed by atoms with Crippen molar-refractivity contribution in [1.82, 2.24) is 4.90 Å². The summed E-state index contributed by atoms with van der Waals surface area (Å²) in [7, 11) is 1.61. The van der Waals surface area contributed by atoms with Gasteiger partial charge in [-0.2, -0.15) is 0 Å². The summed E-state index contributed by atoms with van der Waals surface area (Å²) in [6.07, 6.45) is 8.79.